The average molecular weight is 364 g/mol. The third-order valence-corrected chi connectivity index (χ3v) is 2.82. The lowest BCUT2D eigenvalue weighted by Crippen LogP contribution is -2.32. The molecular weight excluding hydrogens is 351 g/mol. The van der Waals surface area contributed by atoms with Crippen molar-refractivity contribution in [3.05, 3.63) is 27.8 Å². The first-order valence-electron chi connectivity index (χ1n) is 5.18. The summed E-state index contributed by atoms with van der Waals surface area (Å²) in [5, 5.41) is 13.6. The molecule has 0 saturated carbocycles. The summed E-state index contributed by atoms with van der Waals surface area (Å²) in [6.45, 7) is 0.0496. The second kappa shape index (κ2) is 7.88. The number of para-hydroxylation sites is 1. The van der Waals surface area contributed by atoms with Gasteiger partial charge in [-0.2, -0.15) is 0 Å². The van der Waals surface area contributed by atoms with Crippen molar-refractivity contribution in [2.75, 3.05) is 25.1 Å². The Morgan fingerprint density at radius 3 is 2.72 bits per heavy atom. The quantitative estimate of drug-likeness (QED) is 0.528. The van der Waals surface area contributed by atoms with Crippen LogP contribution in [-0.4, -0.2) is 36.9 Å². The molecule has 0 spiro atoms. The highest BCUT2D eigenvalue weighted by Crippen LogP contribution is 2.16. The van der Waals surface area contributed by atoms with Crippen molar-refractivity contribution >= 4 is 40.3 Å². The molecule has 0 unspecified atom stereocenters. The molecule has 0 saturated heterocycles. The van der Waals surface area contributed by atoms with E-state index in [1.54, 1.807) is 6.07 Å². The van der Waals surface area contributed by atoms with E-state index in [4.69, 9.17) is 9.84 Å². The highest BCUT2D eigenvalue weighted by Gasteiger charge is 2.03. The number of carbonyl (C=O) groups is 2. The minimum Gasteiger partial charge on any atom is -0.480 e. The van der Waals surface area contributed by atoms with Crippen molar-refractivity contribution in [3.63, 3.8) is 0 Å². The number of carboxylic acids is 1. The maximum atomic E-state index is 11.5. The van der Waals surface area contributed by atoms with E-state index in [1.165, 1.54) is 0 Å². The van der Waals surface area contributed by atoms with Gasteiger partial charge in [0.1, 0.15) is 6.61 Å². The van der Waals surface area contributed by atoms with Crippen LogP contribution in [0.15, 0.2) is 24.3 Å². The summed E-state index contributed by atoms with van der Waals surface area (Å²) in [5.74, 6) is -1.03. The summed E-state index contributed by atoms with van der Waals surface area (Å²) in [4.78, 5) is 21.6. The smallest absolute Gasteiger partial charge is 0.329 e. The zero-order chi connectivity index (χ0) is 13.4. The number of carboxylic acid groups (broad SMARTS) is 1. The molecule has 0 aromatic heterocycles. The maximum Gasteiger partial charge on any atom is 0.329 e. The van der Waals surface area contributed by atoms with Crippen LogP contribution < -0.4 is 10.6 Å². The van der Waals surface area contributed by atoms with Gasteiger partial charge in [0.15, 0.2) is 0 Å². The van der Waals surface area contributed by atoms with Crippen molar-refractivity contribution in [2.45, 2.75) is 0 Å². The van der Waals surface area contributed by atoms with Gasteiger partial charge in [0.05, 0.1) is 12.3 Å². The van der Waals surface area contributed by atoms with Gasteiger partial charge >= 0.3 is 12.0 Å². The molecule has 1 aromatic carbocycles. The van der Waals surface area contributed by atoms with Crippen LogP contribution in [0.4, 0.5) is 10.5 Å². The Morgan fingerprint density at radius 1 is 1.33 bits per heavy atom. The minimum absolute atomic E-state index is 0.158. The molecule has 0 bridgehead atoms. The molecule has 3 N–H and O–H groups in total. The molecule has 98 valence electrons. The van der Waals surface area contributed by atoms with Crippen LogP contribution in [0, 0.1) is 3.57 Å². The standard InChI is InChI=1S/C11H13IN2O4/c12-8-3-1-2-4-9(8)14-11(17)13-5-6-18-7-10(15)16/h1-4H,5-7H2,(H,15,16)(H2,13,14,17). The third-order valence-electron chi connectivity index (χ3n) is 1.88. The van der Waals surface area contributed by atoms with Crippen molar-refractivity contribution in [3.8, 4) is 0 Å². The van der Waals surface area contributed by atoms with Gasteiger partial charge in [-0.05, 0) is 34.7 Å². The van der Waals surface area contributed by atoms with Gasteiger partial charge in [0.25, 0.3) is 0 Å². The summed E-state index contributed by atoms with van der Waals surface area (Å²) in [6, 6.07) is 7.03. The number of urea groups is 1. The van der Waals surface area contributed by atoms with Gasteiger partial charge in [0.2, 0.25) is 0 Å². The Labute approximate surface area is 118 Å². The van der Waals surface area contributed by atoms with Crippen LogP contribution in [0.3, 0.4) is 0 Å². The van der Waals surface area contributed by atoms with Gasteiger partial charge < -0.3 is 20.5 Å². The van der Waals surface area contributed by atoms with Crippen molar-refractivity contribution < 1.29 is 19.4 Å². The van der Waals surface area contributed by atoms with E-state index < -0.39 is 5.97 Å². The topological polar surface area (TPSA) is 87.7 Å². The Kier molecular flexibility index (Phi) is 6.44. The number of benzene rings is 1. The normalized spacial score (nSPS) is 9.83. The predicted molar refractivity (Wildman–Crippen MR) is 74.6 cm³/mol. The van der Waals surface area contributed by atoms with E-state index >= 15 is 0 Å². The second-order valence-corrected chi connectivity index (χ2v) is 4.47. The molecule has 1 rings (SSSR count). The molecule has 0 radical (unpaired) electrons. The number of halogens is 1. The first-order valence-corrected chi connectivity index (χ1v) is 6.26. The van der Waals surface area contributed by atoms with Gasteiger partial charge in [-0.1, -0.05) is 12.1 Å². The summed E-state index contributed by atoms with van der Waals surface area (Å²) >= 11 is 2.12. The molecule has 0 aliphatic heterocycles. The molecule has 0 heterocycles. The number of hydrogen-bond acceptors (Lipinski definition) is 3. The second-order valence-electron chi connectivity index (χ2n) is 3.31. The molecule has 2 amide bonds. The van der Waals surface area contributed by atoms with E-state index in [9.17, 15) is 9.59 Å². The zero-order valence-electron chi connectivity index (χ0n) is 9.48. The van der Waals surface area contributed by atoms with Gasteiger partial charge in [-0.15, -0.1) is 0 Å². The highest BCUT2D eigenvalue weighted by molar-refractivity contribution is 14.1. The van der Waals surface area contributed by atoms with Crippen LogP contribution in [0.5, 0.6) is 0 Å². The van der Waals surface area contributed by atoms with E-state index in [1.807, 2.05) is 18.2 Å². The van der Waals surface area contributed by atoms with Crippen LogP contribution in [-0.2, 0) is 9.53 Å². The lowest BCUT2D eigenvalue weighted by Gasteiger charge is -2.08. The van der Waals surface area contributed by atoms with E-state index in [0.717, 1.165) is 9.26 Å². The summed E-state index contributed by atoms with van der Waals surface area (Å²) in [6.07, 6.45) is 0. The first-order chi connectivity index (χ1) is 8.59. The Hall–Kier alpha value is -1.35. The predicted octanol–water partition coefficient (Wildman–Crippen LogP) is 1.51. The lowest BCUT2D eigenvalue weighted by atomic mass is 10.3. The number of aliphatic carboxylic acids is 1. The molecule has 0 fully saturated rings. The van der Waals surface area contributed by atoms with Crippen LogP contribution in [0.25, 0.3) is 0 Å². The summed E-state index contributed by atoms with van der Waals surface area (Å²) in [5.41, 5.74) is 0.724. The fraction of sp³-hybridized carbons (Fsp3) is 0.273. The molecule has 0 aliphatic rings. The Bertz CT molecular complexity index is 425. The number of ether oxygens (including phenoxy) is 1. The van der Waals surface area contributed by atoms with Crippen molar-refractivity contribution in [2.24, 2.45) is 0 Å². The average Bonchev–Trinajstić information content (AvgIpc) is 2.31. The molecular formula is C11H13IN2O4. The van der Waals surface area contributed by atoms with E-state index in [-0.39, 0.29) is 25.8 Å². The van der Waals surface area contributed by atoms with Crippen molar-refractivity contribution in [1.82, 2.24) is 5.32 Å². The molecule has 1 aromatic rings. The molecule has 6 nitrogen and oxygen atoms in total. The van der Waals surface area contributed by atoms with Crippen LogP contribution in [0.2, 0.25) is 0 Å². The van der Waals surface area contributed by atoms with Crippen LogP contribution in [0.1, 0.15) is 0 Å². The third kappa shape index (κ3) is 5.82. The van der Waals surface area contributed by atoms with E-state index in [0.29, 0.717) is 0 Å². The summed E-state index contributed by atoms with van der Waals surface area (Å²) in [7, 11) is 0. The Morgan fingerprint density at radius 2 is 2.06 bits per heavy atom. The SMILES string of the molecule is O=C(O)COCCNC(=O)Nc1ccccc1I. The van der Waals surface area contributed by atoms with Gasteiger partial charge in [-0.25, -0.2) is 9.59 Å². The molecule has 7 heteroatoms. The van der Waals surface area contributed by atoms with Gasteiger partial charge in [0, 0.05) is 10.1 Å². The minimum atomic E-state index is -1.03. The fourth-order valence-corrected chi connectivity index (χ4v) is 1.65. The van der Waals surface area contributed by atoms with E-state index in [2.05, 4.69) is 33.2 Å². The molecule has 0 aliphatic carbocycles. The summed E-state index contributed by atoms with van der Waals surface area (Å²) < 4.78 is 5.71. The number of anilines is 1. The number of rotatable bonds is 6. The number of carbonyl (C=O) groups excluding carboxylic acids is 1. The van der Waals surface area contributed by atoms with Crippen molar-refractivity contribution in [1.29, 1.82) is 0 Å². The first kappa shape index (κ1) is 14.7. The number of nitrogens with one attached hydrogen (secondary N) is 2. The Balaban J connectivity index is 2.22. The van der Waals surface area contributed by atoms with Gasteiger partial charge in [-0.3, -0.25) is 0 Å². The molecule has 0 atom stereocenters. The largest absolute Gasteiger partial charge is 0.480 e. The number of amides is 2. The monoisotopic (exact) mass is 364 g/mol. The lowest BCUT2D eigenvalue weighted by molar-refractivity contribution is -0.142. The maximum absolute atomic E-state index is 11.5. The highest BCUT2D eigenvalue weighted by atomic mass is 127. The number of hydrogen-bond donors (Lipinski definition) is 3. The fourth-order valence-electron chi connectivity index (χ4n) is 1.13. The zero-order valence-corrected chi connectivity index (χ0v) is 11.6. The molecule has 18 heavy (non-hydrogen) atoms. The van der Waals surface area contributed by atoms with Crippen LogP contribution >= 0.6 is 22.6 Å².